The van der Waals surface area contributed by atoms with Crippen LogP contribution >= 0.6 is 0 Å². The summed E-state index contributed by atoms with van der Waals surface area (Å²) in [4.78, 5) is -1.20. The Hall–Kier alpha value is -1.12. The summed E-state index contributed by atoms with van der Waals surface area (Å²) in [6.45, 7) is 1.58. The molecule has 0 aromatic heterocycles. The van der Waals surface area contributed by atoms with Gasteiger partial charge in [-0.25, -0.2) is 26.3 Å². The van der Waals surface area contributed by atoms with E-state index in [1.807, 2.05) is 4.72 Å². The second-order valence-electron chi connectivity index (χ2n) is 3.72. The lowest BCUT2D eigenvalue weighted by molar-refractivity contribution is 0.491. The van der Waals surface area contributed by atoms with E-state index in [-0.39, 0.29) is 6.54 Å². The Labute approximate surface area is 103 Å². The molecular formula is C10H13F3N2O2S. The monoisotopic (exact) mass is 282 g/mol. The molecule has 0 heterocycles. The van der Waals surface area contributed by atoms with Crippen LogP contribution in [0.3, 0.4) is 0 Å². The van der Waals surface area contributed by atoms with Gasteiger partial charge in [-0.3, -0.25) is 0 Å². The molecular weight excluding hydrogens is 269 g/mol. The van der Waals surface area contributed by atoms with E-state index in [1.165, 1.54) is 0 Å². The van der Waals surface area contributed by atoms with Crippen molar-refractivity contribution in [2.45, 2.75) is 24.3 Å². The van der Waals surface area contributed by atoms with Crippen molar-refractivity contribution in [3.05, 3.63) is 29.6 Å². The van der Waals surface area contributed by atoms with Crippen LogP contribution < -0.4 is 10.5 Å². The number of sulfonamides is 1. The van der Waals surface area contributed by atoms with Gasteiger partial charge in [-0.1, -0.05) is 6.92 Å². The van der Waals surface area contributed by atoms with Crippen LogP contribution in [0.1, 0.15) is 13.3 Å². The molecule has 4 nitrogen and oxygen atoms in total. The fourth-order valence-electron chi connectivity index (χ4n) is 1.22. The third-order valence-electron chi connectivity index (χ3n) is 2.29. The zero-order valence-corrected chi connectivity index (χ0v) is 10.4. The Morgan fingerprint density at radius 2 is 1.78 bits per heavy atom. The second kappa shape index (κ2) is 5.68. The van der Waals surface area contributed by atoms with Crippen LogP contribution in [0.2, 0.25) is 0 Å². The lowest BCUT2D eigenvalue weighted by Crippen LogP contribution is -2.37. The van der Waals surface area contributed by atoms with Gasteiger partial charge in [0, 0.05) is 24.7 Å². The van der Waals surface area contributed by atoms with Gasteiger partial charge in [-0.05, 0) is 6.42 Å². The van der Waals surface area contributed by atoms with Crippen LogP contribution in [0, 0.1) is 17.5 Å². The topological polar surface area (TPSA) is 72.2 Å². The van der Waals surface area contributed by atoms with Gasteiger partial charge in [-0.2, -0.15) is 0 Å². The predicted octanol–water partition coefficient (Wildman–Crippen LogP) is 1.12. The summed E-state index contributed by atoms with van der Waals surface area (Å²) < 4.78 is 64.5. The summed E-state index contributed by atoms with van der Waals surface area (Å²) in [6.07, 6.45) is 0.497. The van der Waals surface area contributed by atoms with E-state index in [2.05, 4.69) is 0 Å². The number of hydrogen-bond acceptors (Lipinski definition) is 3. The second-order valence-corrected chi connectivity index (χ2v) is 5.42. The summed E-state index contributed by atoms with van der Waals surface area (Å²) in [5.41, 5.74) is 5.48. The minimum absolute atomic E-state index is 0.158. The third-order valence-corrected chi connectivity index (χ3v) is 3.77. The first-order chi connectivity index (χ1) is 8.27. The molecule has 0 fully saturated rings. The van der Waals surface area contributed by atoms with Crippen molar-refractivity contribution in [1.29, 1.82) is 0 Å². The number of rotatable bonds is 5. The Morgan fingerprint density at radius 3 is 2.22 bits per heavy atom. The van der Waals surface area contributed by atoms with Gasteiger partial charge in [0.2, 0.25) is 10.0 Å². The van der Waals surface area contributed by atoms with E-state index >= 15 is 0 Å². The van der Waals surface area contributed by atoms with E-state index in [0.29, 0.717) is 18.6 Å². The average molecular weight is 282 g/mol. The fraction of sp³-hybridized carbons (Fsp3) is 0.400. The molecule has 1 aromatic rings. The molecule has 1 aromatic carbocycles. The molecule has 3 N–H and O–H groups in total. The highest BCUT2D eigenvalue weighted by atomic mass is 32.2. The van der Waals surface area contributed by atoms with Crippen molar-refractivity contribution in [1.82, 2.24) is 4.72 Å². The van der Waals surface area contributed by atoms with Crippen LogP contribution in [0.5, 0.6) is 0 Å². The number of nitrogens with one attached hydrogen (secondary N) is 1. The minimum Gasteiger partial charge on any atom is -0.327 e. The molecule has 8 heteroatoms. The van der Waals surface area contributed by atoms with Gasteiger partial charge in [0.25, 0.3) is 0 Å². The molecule has 0 aliphatic heterocycles. The Bertz CT molecular complexity index is 511. The maximum Gasteiger partial charge on any atom is 0.246 e. The zero-order valence-electron chi connectivity index (χ0n) is 9.58. The van der Waals surface area contributed by atoms with Crippen LogP contribution in [-0.2, 0) is 10.0 Å². The minimum atomic E-state index is -4.39. The van der Waals surface area contributed by atoms with Crippen LogP contribution in [-0.4, -0.2) is 21.0 Å². The summed E-state index contributed by atoms with van der Waals surface area (Å²) in [7, 11) is -4.39. The van der Waals surface area contributed by atoms with Gasteiger partial charge in [-0.15, -0.1) is 0 Å². The molecule has 0 bridgehead atoms. The first-order valence-electron chi connectivity index (χ1n) is 5.17. The van der Waals surface area contributed by atoms with Crippen molar-refractivity contribution >= 4 is 10.0 Å². The molecule has 1 unspecified atom stereocenters. The number of hydrogen-bond donors (Lipinski definition) is 2. The van der Waals surface area contributed by atoms with Crippen molar-refractivity contribution < 1.29 is 21.6 Å². The smallest absolute Gasteiger partial charge is 0.246 e. The average Bonchev–Trinajstić information content (AvgIpc) is 2.24. The van der Waals surface area contributed by atoms with E-state index in [4.69, 9.17) is 5.73 Å². The Balaban J connectivity index is 3.06. The molecule has 18 heavy (non-hydrogen) atoms. The first kappa shape index (κ1) is 14.9. The number of halogens is 3. The van der Waals surface area contributed by atoms with E-state index in [1.54, 1.807) is 6.92 Å². The third kappa shape index (κ3) is 3.44. The maximum absolute atomic E-state index is 13.3. The lowest BCUT2D eigenvalue weighted by Gasteiger charge is -2.12. The van der Waals surface area contributed by atoms with E-state index in [9.17, 15) is 21.6 Å². The van der Waals surface area contributed by atoms with Gasteiger partial charge in [0.15, 0.2) is 4.90 Å². The summed E-state index contributed by atoms with van der Waals surface area (Å²) in [5.74, 6) is -4.15. The quantitative estimate of drug-likeness (QED) is 0.850. The normalized spacial score (nSPS) is 13.6. The molecule has 0 saturated carbocycles. The molecule has 0 amide bonds. The molecule has 102 valence electrons. The molecule has 0 radical (unpaired) electrons. The highest BCUT2D eigenvalue weighted by molar-refractivity contribution is 7.89. The molecule has 1 rings (SSSR count). The predicted molar refractivity (Wildman–Crippen MR) is 59.8 cm³/mol. The molecule has 0 aliphatic carbocycles. The van der Waals surface area contributed by atoms with Crippen molar-refractivity contribution in [3.8, 4) is 0 Å². The summed E-state index contributed by atoms with van der Waals surface area (Å²) in [6, 6.07) is 0.140. The molecule has 1 atom stereocenters. The largest absolute Gasteiger partial charge is 0.327 e. The van der Waals surface area contributed by atoms with E-state index < -0.39 is 38.4 Å². The number of nitrogens with two attached hydrogens (primary N) is 1. The SMILES string of the molecule is CCC(N)CNS(=O)(=O)c1c(F)cc(F)cc1F. The van der Waals surface area contributed by atoms with Crippen LogP contribution in [0.25, 0.3) is 0 Å². The van der Waals surface area contributed by atoms with Gasteiger partial charge < -0.3 is 5.73 Å². The standard InChI is InChI=1S/C10H13F3N2O2S/c1-2-7(14)5-15-18(16,17)10-8(12)3-6(11)4-9(10)13/h3-4,7,15H,2,5,14H2,1H3. The highest BCUT2D eigenvalue weighted by Gasteiger charge is 2.25. The van der Waals surface area contributed by atoms with Gasteiger partial charge in [0.1, 0.15) is 17.5 Å². The summed E-state index contributed by atoms with van der Waals surface area (Å²) >= 11 is 0. The number of benzene rings is 1. The van der Waals surface area contributed by atoms with E-state index in [0.717, 1.165) is 0 Å². The highest BCUT2D eigenvalue weighted by Crippen LogP contribution is 2.19. The van der Waals surface area contributed by atoms with Crippen molar-refractivity contribution in [2.24, 2.45) is 5.73 Å². The van der Waals surface area contributed by atoms with Gasteiger partial charge >= 0.3 is 0 Å². The molecule has 0 aliphatic rings. The molecule has 0 spiro atoms. The zero-order chi connectivity index (χ0) is 13.9. The maximum atomic E-state index is 13.3. The Morgan fingerprint density at radius 1 is 1.28 bits per heavy atom. The Kier molecular flexibility index (Phi) is 4.71. The van der Waals surface area contributed by atoms with Crippen molar-refractivity contribution in [3.63, 3.8) is 0 Å². The molecule has 0 saturated heterocycles. The summed E-state index contributed by atoms with van der Waals surface area (Å²) in [5, 5.41) is 0. The first-order valence-corrected chi connectivity index (χ1v) is 6.66. The van der Waals surface area contributed by atoms with Crippen molar-refractivity contribution in [2.75, 3.05) is 6.54 Å². The lowest BCUT2D eigenvalue weighted by atomic mass is 10.2. The van der Waals surface area contributed by atoms with Crippen LogP contribution in [0.4, 0.5) is 13.2 Å². The van der Waals surface area contributed by atoms with Crippen LogP contribution in [0.15, 0.2) is 17.0 Å². The fourth-order valence-corrected chi connectivity index (χ4v) is 2.43. The van der Waals surface area contributed by atoms with Gasteiger partial charge in [0.05, 0.1) is 0 Å².